The Kier molecular flexibility index (Phi) is 6.70. The fourth-order valence-corrected chi connectivity index (χ4v) is 3.83. The molecule has 0 amide bonds. The second kappa shape index (κ2) is 8.37. The summed E-state index contributed by atoms with van der Waals surface area (Å²) in [5.74, 6) is -0.00685. The van der Waals surface area contributed by atoms with Crippen LogP contribution in [-0.2, 0) is 14.8 Å². The van der Waals surface area contributed by atoms with Crippen LogP contribution in [0.5, 0.6) is 5.75 Å². The molecule has 0 aliphatic heterocycles. The van der Waals surface area contributed by atoms with E-state index in [0.717, 1.165) is 43.5 Å². The molecule has 2 atom stereocenters. The number of alkyl halides is 3. The lowest BCUT2D eigenvalue weighted by Crippen LogP contribution is -2.31. The highest BCUT2D eigenvalue weighted by Crippen LogP contribution is 2.26. The van der Waals surface area contributed by atoms with Crippen LogP contribution in [0.1, 0.15) is 32.6 Å². The summed E-state index contributed by atoms with van der Waals surface area (Å²) in [7, 11) is -3.80. The van der Waals surface area contributed by atoms with Crippen LogP contribution in [0.25, 0.3) is 0 Å². The fraction of sp³-hybridized carbons (Fsp3) is 0.625. The van der Waals surface area contributed by atoms with Gasteiger partial charge in [-0.1, -0.05) is 19.8 Å². The molecule has 1 fully saturated rings. The molecule has 0 aromatic heterocycles. The molecule has 25 heavy (non-hydrogen) atoms. The molecule has 1 aromatic rings. The normalized spacial score (nSPS) is 21.9. The first kappa shape index (κ1) is 20.0. The van der Waals surface area contributed by atoms with Crippen molar-refractivity contribution < 1.29 is 31.1 Å². The van der Waals surface area contributed by atoms with Crippen LogP contribution in [0.15, 0.2) is 29.2 Å². The van der Waals surface area contributed by atoms with E-state index in [-0.39, 0.29) is 24.2 Å². The second-order valence-corrected chi connectivity index (χ2v) is 7.85. The molecule has 142 valence electrons. The van der Waals surface area contributed by atoms with Crippen LogP contribution in [-0.4, -0.2) is 34.0 Å². The van der Waals surface area contributed by atoms with E-state index in [2.05, 4.69) is 16.4 Å². The molecule has 0 spiro atoms. The van der Waals surface area contributed by atoms with Gasteiger partial charge in [-0.25, -0.2) is 13.1 Å². The van der Waals surface area contributed by atoms with Gasteiger partial charge in [-0.15, -0.1) is 13.2 Å². The van der Waals surface area contributed by atoms with Crippen LogP contribution < -0.4 is 9.46 Å². The summed E-state index contributed by atoms with van der Waals surface area (Å²) in [4.78, 5) is -0.131. The Hall–Kier alpha value is -1.32. The van der Waals surface area contributed by atoms with E-state index in [1.54, 1.807) is 0 Å². The largest absolute Gasteiger partial charge is 0.573 e. The molecule has 0 bridgehead atoms. The third-order valence-electron chi connectivity index (χ3n) is 4.13. The molecule has 0 heterocycles. The maximum absolute atomic E-state index is 12.1. The van der Waals surface area contributed by atoms with Crippen LogP contribution in [0.4, 0.5) is 13.2 Å². The predicted octanol–water partition coefficient (Wildman–Crippen LogP) is 3.46. The van der Waals surface area contributed by atoms with Crippen molar-refractivity contribution in [1.29, 1.82) is 0 Å². The molecular formula is C16H22F3NO4S. The third-order valence-corrected chi connectivity index (χ3v) is 5.60. The molecular weight excluding hydrogens is 359 g/mol. The van der Waals surface area contributed by atoms with Gasteiger partial charge in [0.05, 0.1) is 17.6 Å². The van der Waals surface area contributed by atoms with Gasteiger partial charge in [0, 0.05) is 6.54 Å². The average molecular weight is 381 g/mol. The summed E-state index contributed by atoms with van der Waals surface area (Å²) in [6.45, 7) is 2.48. The predicted molar refractivity (Wildman–Crippen MR) is 85.7 cm³/mol. The Morgan fingerprint density at radius 2 is 1.80 bits per heavy atom. The lowest BCUT2D eigenvalue weighted by molar-refractivity contribution is -0.274. The SMILES string of the molecule is C[C@H]1CCCC[C@H]1OCCNS(=O)(=O)c1ccc(OC(F)(F)F)cc1. The minimum atomic E-state index is -4.81. The number of benzene rings is 1. The number of rotatable bonds is 7. The zero-order valence-corrected chi connectivity index (χ0v) is 14.7. The molecule has 0 radical (unpaired) electrons. The molecule has 1 aliphatic rings. The minimum Gasteiger partial charge on any atom is -0.406 e. The van der Waals surface area contributed by atoms with Crippen molar-refractivity contribution in [2.45, 2.75) is 50.0 Å². The molecule has 9 heteroatoms. The Balaban J connectivity index is 1.82. The summed E-state index contributed by atoms with van der Waals surface area (Å²) in [6, 6.07) is 4.05. The van der Waals surface area contributed by atoms with Crippen molar-refractivity contribution >= 4 is 10.0 Å². The molecule has 5 nitrogen and oxygen atoms in total. The van der Waals surface area contributed by atoms with E-state index in [1.807, 2.05) is 0 Å². The number of hydrogen-bond acceptors (Lipinski definition) is 4. The topological polar surface area (TPSA) is 64.6 Å². The number of hydrogen-bond donors (Lipinski definition) is 1. The third kappa shape index (κ3) is 6.48. The van der Waals surface area contributed by atoms with Gasteiger partial charge in [-0.05, 0) is 43.0 Å². The molecule has 0 saturated heterocycles. The zero-order chi connectivity index (χ0) is 18.5. The van der Waals surface area contributed by atoms with Crippen LogP contribution in [0.2, 0.25) is 0 Å². The van der Waals surface area contributed by atoms with Crippen molar-refractivity contribution in [3.05, 3.63) is 24.3 Å². The van der Waals surface area contributed by atoms with Crippen LogP contribution in [0, 0.1) is 5.92 Å². The van der Waals surface area contributed by atoms with Crippen molar-refractivity contribution in [2.75, 3.05) is 13.2 Å². The van der Waals surface area contributed by atoms with Crippen molar-refractivity contribution in [1.82, 2.24) is 4.72 Å². The Labute approximate surface area is 145 Å². The van der Waals surface area contributed by atoms with Crippen molar-refractivity contribution in [3.63, 3.8) is 0 Å². The number of sulfonamides is 1. The van der Waals surface area contributed by atoms with E-state index in [0.29, 0.717) is 5.92 Å². The maximum atomic E-state index is 12.1. The van der Waals surface area contributed by atoms with Gasteiger partial charge in [0.1, 0.15) is 5.75 Å². The minimum absolute atomic E-state index is 0.104. The number of nitrogens with one attached hydrogen (secondary N) is 1. The quantitative estimate of drug-likeness (QED) is 0.735. The van der Waals surface area contributed by atoms with Crippen LogP contribution >= 0.6 is 0 Å². The monoisotopic (exact) mass is 381 g/mol. The first-order valence-corrected chi connectivity index (χ1v) is 9.63. The van der Waals surface area contributed by atoms with E-state index in [4.69, 9.17) is 4.74 Å². The zero-order valence-electron chi connectivity index (χ0n) is 13.9. The Morgan fingerprint density at radius 3 is 2.40 bits per heavy atom. The Morgan fingerprint density at radius 1 is 1.16 bits per heavy atom. The summed E-state index contributed by atoms with van der Waals surface area (Å²) in [6.07, 6.45) is -0.254. The number of ether oxygens (including phenoxy) is 2. The van der Waals surface area contributed by atoms with Gasteiger partial charge in [0.25, 0.3) is 0 Å². The summed E-state index contributed by atoms with van der Waals surface area (Å²) in [5.41, 5.74) is 0. The van der Waals surface area contributed by atoms with Gasteiger partial charge < -0.3 is 9.47 Å². The standard InChI is InChI=1S/C16H22F3NO4S/c1-12-4-2-3-5-15(12)23-11-10-20-25(21,22)14-8-6-13(7-9-14)24-16(17,18)19/h6-9,12,15,20H,2-5,10-11H2,1H3/t12-,15+/m0/s1. The van der Waals surface area contributed by atoms with Crippen molar-refractivity contribution in [3.8, 4) is 5.75 Å². The maximum Gasteiger partial charge on any atom is 0.573 e. The van der Waals surface area contributed by atoms with E-state index < -0.39 is 22.1 Å². The first-order chi connectivity index (χ1) is 11.7. The average Bonchev–Trinajstić information content (AvgIpc) is 2.52. The molecule has 1 saturated carbocycles. The Bertz CT molecular complexity index is 646. The first-order valence-electron chi connectivity index (χ1n) is 8.14. The van der Waals surface area contributed by atoms with E-state index in [1.165, 1.54) is 6.42 Å². The lowest BCUT2D eigenvalue weighted by atomic mass is 9.88. The van der Waals surface area contributed by atoms with Crippen LogP contribution in [0.3, 0.4) is 0 Å². The molecule has 1 N–H and O–H groups in total. The number of halogens is 3. The summed E-state index contributed by atoms with van der Waals surface area (Å²) in [5, 5.41) is 0. The molecule has 0 unspecified atom stereocenters. The second-order valence-electron chi connectivity index (χ2n) is 6.09. The van der Waals surface area contributed by atoms with Gasteiger partial charge in [-0.3, -0.25) is 0 Å². The highest BCUT2D eigenvalue weighted by molar-refractivity contribution is 7.89. The van der Waals surface area contributed by atoms with Crippen molar-refractivity contribution in [2.24, 2.45) is 5.92 Å². The molecule has 2 rings (SSSR count). The fourth-order valence-electron chi connectivity index (χ4n) is 2.82. The molecule has 1 aliphatic carbocycles. The van der Waals surface area contributed by atoms with Gasteiger partial charge in [-0.2, -0.15) is 0 Å². The summed E-state index contributed by atoms with van der Waals surface area (Å²) >= 11 is 0. The smallest absolute Gasteiger partial charge is 0.406 e. The highest BCUT2D eigenvalue weighted by Gasteiger charge is 2.31. The van der Waals surface area contributed by atoms with Gasteiger partial charge in [0.2, 0.25) is 10.0 Å². The van der Waals surface area contributed by atoms with Gasteiger partial charge in [0.15, 0.2) is 0 Å². The lowest BCUT2D eigenvalue weighted by Gasteiger charge is -2.28. The summed E-state index contributed by atoms with van der Waals surface area (Å²) < 4.78 is 72.3. The van der Waals surface area contributed by atoms with Gasteiger partial charge >= 0.3 is 6.36 Å². The highest BCUT2D eigenvalue weighted by atomic mass is 32.2. The molecule has 1 aromatic carbocycles. The van der Waals surface area contributed by atoms with E-state index >= 15 is 0 Å². The van der Waals surface area contributed by atoms with E-state index in [9.17, 15) is 21.6 Å².